The van der Waals surface area contributed by atoms with Gasteiger partial charge >= 0.3 is 0 Å². The molecular weight excluding hydrogens is 296 g/mol. The molecule has 0 saturated carbocycles. The Kier molecular flexibility index (Phi) is 3.81. The quantitative estimate of drug-likeness (QED) is 0.789. The average molecular weight is 312 g/mol. The summed E-state index contributed by atoms with van der Waals surface area (Å²) < 4.78 is 5.99. The number of aromatic nitrogens is 1. The molecule has 1 amide bonds. The summed E-state index contributed by atoms with van der Waals surface area (Å²) in [5.41, 5.74) is -1.00. The van der Waals surface area contributed by atoms with Crippen LogP contribution in [0.4, 0.5) is 5.13 Å². The van der Waals surface area contributed by atoms with Crippen molar-refractivity contribution < 1.29 is 9.53 Å². The first-order chi connectivity index (χ1) is 10.6. The van der Waals surface area contributed by atoms with Crippen LogP contribution < -0.4 is 10.1 Å². The van der Waals surface area contributed by atoms with Crippen LogP contribution in [0, 0.1) is 0 Å². The number of fused-ring (bicyclic) bond motifs is 1. The van der Waals surface area contributed by atoms with Crippen molar-refractivity contribution in [3.8, 4) is 5.75 Å². The van der Waals surface area contributed by atoms with Crippen LogP contribution in [0.25, 0.3) is 10.8 Å². The summed E-state index contributed by atoms with van der Waals surface area (Å²) in [4.78, 5) is 16.5. The summed E-state index contributed by atoms with van der Waals surface area (Å²) in [7, 11) is 0. The van der Waals surface area contributed by atoms with Crippen LogP contribution in [0.2, 0.25) is 0 Å². The zero-order chi connectivity index (χ0) is 15.6. The van der Waals surface area contributed by atoms with Crippen LogP contribution in [0.5, 0.6) is 5.75 Å². The lowest BCUT2D eigenvalue weighted by molar-refractivity contribution is -0.128. The third-order valence-electron chi connectivity index (χ3n) is 3.31. The Bertz CT molecular complexity index is 792. The molecule has 1 N–H and O–H groups in total. The average Bonchev–Trinajstić information content (AvgIpc) is 3.00. The number of hydrogen-bond donors (Lipinski definition) is 1. The van der Waals surface area contributed by atoms with Gasteiger partial charge in [-0.1, -0.05) is 36.4 Å². The highest BCUT2D eigenvalue weighted by Gasteiger charge is 2.31. The maximum absolute atomic E-state index is 12.4. The van der Waals surface area contributed by atoms with Crippen LogP contribution in [0.1, 0.15) is 13.8 Å². The standard InChI is InChI=1S/C17H16N2O2S/c1-17(2,15(20)19-16-18-10-11-22-16)21-14-9-5-7-12-6-3-4-8-13(12)14/h3-11H,1-2H3,(H,18,19,20). The van der Waals surface area contributed by atoms with Gasteiger partial charge in [0.05, 0.1) is 0 Å². The molecule has 0 unspecified atom stereocenters. The highest BCUT2D eigenvalue weighted by Crippen LogP contribution is 2.29. The fourth-order valence-electron chi connectivity index (χ4n) is 2.14. The highest BCUT2D eigenvalue weighted by atomic mass is 32.1. The van der Waals surface area contributed by atoms with Crippen LogP contribution in [-0.2, 0) is 4.79 Å². The summed E-state index contributed by atoms with van der Waals surface area (Å²) in [6, 6.07) is 13.8. The number of ether oxygens (including phenoxy) is 1. The normalized spacial score (nSPS) is 11.4. The summed E-state index contributed by atoms with van der Waals surface area (Å²) in [5.74, 6) is 0.466. The van der Waals surface area contributed by atoms with E-state index in [1.54, 1.807) is 20.0 Å². The highest BCUT2D eigenvalue weighted by molar-refractivity contribution is 7.13. The predicted molar refractivity (Wildman–Crippen MR) is 89.4 cm³/mol. The number of carbonyl (C=O) groups is 1. The van der Waals surface area contributed by atoms with Gasteiger partial charge in [-0.2, -0.15) is 0 Å². The minimum atomic E-state index is -1.00. The molecule has 0 aliphatic carbocycles. The number of anilines is 1. The first kappa shape index (κ1) is 14.5. The van der Waals surface area contributed by atoms with E-state index in [0.29, 0.717) is 10.9 Å². The molecular formula is C17H16N2O2S. The maximum atomic E-state index is 12.4. The molecule has 0 fully saturated rings. The number of rotatable bonds is 4. The van der Waals surface area contributed by atoms with E-state index in [4.69, 9.17) is 4.74 Å². The van der Waals surface area contributed by atoms with Crippen molar-refractivity contribution >= 4 is 33.1 Å². The summed E-state index contributed by atoms with van der Waals surface area (Å²) in [6.45, 7) is 3.50. The Morgan fingerprint density at radius 3 is 2.73 bits per heavy atom. The largest absolute Gasteiger partial charge is 0.477 e. The van der Waals surface area contributed by atoms with E-state index < -0.39 is 5.60 Å². The Hall–Kier alpha value is -2.40. The number of amides is 1. The third-order valence-corrected chi connectivity index (χ3v) is 4.00. The third kappa shape index (κ3) is 2.94. The fourth-order valence-corrected chi connectivity index (χ4v) is 2.66. The predicted octanol–water partition coefficient (Wildman–Crippen LogP) is 4.09. The molecule has 22 heavy (non-hydrogen) atoms. The number of carbonyl (C=O) groups excluding carboxylic acids is 1. The van der Waals surface area contributed by atoms with E-state index >= 15 is 0 Å². The second-order valence-corrected chi connectivity index (χ2v) is 6.28. The van der Waals surface area contributed by atoms with E-state index in [1.807, 2.05) is 47.8 Å². The molecule has 0 spiro atoms. The molecule has 0 saturated heterocycles. The van der Waals surface area contributed by atoms with Gasteiger partial charge in [-0.05, 0) is 25.3 Å². The van der Waals surface area contributed by atoms with Gasteiger partial charge in [0.1, 0.15) is 5.75 Å². The first-order valence-corrected chi connectivity index (χ1v) is 7.82. The molecule has 1 aromatic heterocycles. The Morgan fingerprint density at radius 2 is 1.95 bits per heavy atom. The molecule has 3 rings (SSSR count). The lowest BCUT2D eigenvalue weighted by Gasteiger charge is -2.25. The van der Waals surface area contributed by atoms with Gasteiger partial charge in [0, 0.05) is 17.0 Å². The van der Waals surface area contributed by atoms with Crippen molar-refractivity contribution in [1.82, 2.24) is 4.98 Å². The topological polar surface area (TPSA) is 51.2 Å². The van der Waals surface area contributed by atoms with Gasteiger partial charge in [0.2, 0.25) is 0 Å². The van der Waals surface area contributed by atoms with E-state index in [9.17, 15) is 4.79 Å². The van der Waals surface area contributed by atoms with Gasteiger partial charge in [-0.15, -0.1) is 11.3 Å². The zero-order valence-electron chi connectivity index (χ0n) is 12.4. The van der Waals surface area contributed by atoms with Gasteiger partial charge in [0.25, 0.3) is 5.91 Å². The molecule has 0 bridgehead atoms. The second kappa shape index (κ2) is 5.77. The molecule has 0 aliphatic heterocycles. The van der Waals surface area contributed by atoms with Crippen molar-refractivity contribution in [3.63, 3.8) is 0 Å². The van der Waals surface area contributed by atoms with Crippen LogP contribution in [-0.4, -0.2) is 16.5 Å². The Balaban J connectivity index is 1.85. The van der Waals surface area contributed by atoms with Crippen LogP contribution in [0.3, 0.4) is 0 Å². The number of benzene rings is 2. The van der Waals surface area contributed by atoms with E-state index in [0.717, 1.165) is 10.8 Å². The van der Waals surface area contributed by atoms with Crippen molar-refractivity contribution in [2.24, 2.45) is 0 Å². The number of nitrogens with one attached hydrogen (secondary N) is 1. The Labute approximate surface area is 132 Å². The second-order valence-electron chi connectivity index (χ2n) is 5.38. The summed E-state index contributed by atoms with van der Waals surface area (Å²) >= 11 is 1.38. The van der Waals surface area contributed by atoms with Gasteiger partial charge in [0.15, 0.2) is 10.7 Å². The van der Waals surface area contributed by atoms with Gasteiger partial charge in [-0.25, -0.2) is 4.98 Å². The summed E-state index contributed by atoms with van der Waals surface area (Å²) in [5, 5.41) is 7.22. The van der Waals surface area contributed by atoms with E-state index in [-0.39, 0.29) is 5.91 Å². The first-order valence-electron chi connectivity index (χ1n) is 6.94. The molecule has 0 radical (unpaired) electrons. The number of hydrogen-bond acceptors (Lipinski definition) is 4. The SMILES string of the molecule is CC(C)(Oc1cccc2ccccc12)C(=O)Nc1nccs1. The molecule has 0 atom stereocenters. The zero-order valence-corrected chi connectivity index (χ0v) is 13.2. The van der Waals surface area contributed by atoms with Crippen molar-refractivity contribution in [3.05, 3.63) is 54.0 Å². The lowest BCUT2D eigenvalue weighted by atomic mass is 10.1. The van der Waals surface area contributed by atoms with Crippen LogP contribution in [0.15, 0.2) is 54.0 Å². The van der Waals surface area contributed by atoms with Gasteiger partial charge < -0.3 is 4.74 Å². The van der Waals surface area contributed by atoms with Crippen molar-refractivity contribution in [2.45, 2.75) is 19.4 Å². The smallest absolute Gasteiger partial charge is 0.269 e. The Morgan fingerprint density at radius 1 is 1.18 bits per heavy atom. The maximum Gasteiger partial charge on any atom is 0.269 e. The van der Waals surface area contributed by atoms with Gasteiger partial charge in [-0.3, -0.25) is 10.1 Å². The number of thiazole rings is 1. The molecule has 112 valence electrons. The monoisotopic (exact) mass is 312 g/mol. The molecule has 1 heterocycles. The minimum Gasteiger partial charge on any atom is -0.477 e. The molecule has 4 nitrogen and oxygen atoms in total. The molecule has 5 heteroatoms. The number of nitrogens with zero attached hydrogens (tertiary/aromatic N) is 1. The van der Waals surface area contributed by atoms with E-state index in [1.165, 1.54) is 11.3 Å². The molecule has 0 aliphatic rings. The minimum absolute atomic E-state index is 0.226. The fraction of sp³-hybridized carbons (Fsp3) is 0.176. The van der Waals surface area contributed by atoms with Crippen molar-refractivity contribution in [1.29, 1.82) is 0 Å². The van der Waals surface area contributed by atoms with Crippen molar-refractivity contribution in [2.75, 3.05) is 5.32 Å². The molecule has 3 aromatic rings. The summed E-state index contributed by atoms with van der Waals surface area (Å²) in [6.07, 6.45) is 1.65. The van der Waals surface area contributed by atoms with Crippen LogP contribution >= 0.6 is 11.3 Å². The lowest BCUT2D eigenvalue weighted by Crippen LogP contribution is -2.42. The molecule has 2 aromatic carbocycles. The van der Waals surface area contributed by atoms with E-state index in [2.05, 4.69) is 10.3 Å².